The number of carbonyl (C=O) groups excluding carboxylic acids is 2. The molecule has 2 heterocycles. The molecule has 0 spiro atoms. The first-order valence-electron chi connectivity index (χ1n) is 13.2. The van der Waals surface area contributed by atoms with Crippen LogP contribution in [-0.4, -0.2) is 27.6 Å². The van der Waals surface area contributed by atoms with Crippen molar-refractivity contribution in [3.05, 3.63) is 135 Å². The number of rotatable bonds is 9. The third-order valence-corrected chi connectivity index (χ3v) is 6.09. The zero-order valence-electron chi connectivity index (χ0n) is 23.0. The Morgan fingerprint density at radius 1 is 0.800 bits per heavy atom. The molecule has 8 nitrogen and oxygen atoms in total. The molecule has 206 valence electrons. The Morgan fingerprint density at radius 2 is 1.40 bits per heavy atom. The Morgan fingerprint density at radius 3 is 2.02 bits per heavy atom. The third kappa shape index (κ3) is 8.66. The largest absolute Gasteiger partial charge is 0.444 e. The lowest BCUT2D eigenvalue weighted by molar-refractivity contribution is 0.0523. The van der Waals surface area contributed by atoms with Crippen LogP contribution in [0.2, 0.25) is 0 Å². The molecule has 0 fully saturated rings. The molecular formula is C32H34N4O4. The summed E-state index contributed by atoms with van der Waals surface area (Å²) in [6.45, 7) is 6.18. The highest BCUT2D eigenvalue weighted by Crippen LogP contribution is 2.14. The topological polar surface area (TPSA) is 113 Å². The van der Waals surface area contributed by atoms with Gasteiger partial charge in [-0.05, 0) is 67.1 Å². The Bertz CT molecular complexity index is 1500. The Kier molecular flexibility index (Phi) is 9.11. The van der Waals surface area contributed by atoms with Gasteiger partial charge in [0.2, 0.25) is 0 Å². The number of pyridine rings is 2. The quantitative estimate of drug-likeness (QED) is 0.280. The summed E-state index contributed by atoms with van der Waals surface area (Å²) in [5.74, 6) is -0.201. The second kappa shape index (κ2) is 12.9. The van der Waals surface area contributed by atoms with Crippen LogP contribution in [0.25, 0.3) is 0 Å². The van der Waals surface area contributed by atoms with E-state index < -0.39 is 11.7 Å². The molecule has 0 aliphatic carbocycles. The van der Waals surface area contributed by atoms with Gasteiger partial charge < -0.3 is 20.4 Å². The minimum absolute atomic E-state index is 0.0719. The maximum absolute atomic E-state index is 12.8. The van der Waals surface area contributed by atoms with E-state index in [-0.39, 0.29) is 11.5 Å². The van der Waals surface area contributed by atoms with Gasteiger partial charge in [0, 0.05) is 43.7 Å². The molecule has 4 aromatic rings. The van der Waals surface area contributed by atoms with Gasteiger partial charge in [-0.1, -0.05) is 54.6 Å². The van der Waals surface area contributed by atoms with Crippen LogP contribution in [0.1, 0.15) is 64.5 Å². The van der Waals surface area contributed by atoms with Gasteiger partial charge in [-0.3, -0.25) is 14.6 Å². The number of hydrogen-bond donors (Lipinski definition) is 3. The molecule has 0 saturated carbocycles. The normalized spacial score (nSPS) is 11.1. The molecule has 0 bridgehead atoms. The molecule has 40 heavy (non-hydrogen) atoms. The summed E-state index contributed by atoms with van der Waals surface area (Å²) in [7, 11) is 0. The smallest absolute Gasteiger partial charge is 0.407 e. The first-order valence-corrected chi connectivity index (χ1v) is 13.2. The van der Waals surface area contributed by atoms with Crippen molar-refractivity contribution in [1.82, 2.24) is 20.6 Å². The van der Waals surface area contributed by atoms with Crippen LogP contribution in [0.4, 0.5) is 4.79 Å². The van der Waals surface area contributed by atoms with E-state index >= 15 is 0 Å². The summed E-state index contributed by atoms with van der Waals surface area (Å²) >= 11 is 0. The van der Waals surface area contributed by atoms with Crippen LogP contribution in [0.5, 0.6) is 0 Å². The van der Waals surface area contributed by atoms with E-state index in [1.165, 1.54) is 0 Å². The maximum atomic E-state index is 12.8. The monoisotopic (exact) mass is 538 g/mol. The molecule has 0 unspecified atom stereocenters. The summed E-state index contributed by atoms with van der Waals surface area (Å²) in [5, 5.41) is 5.67. The Balaban J connectivity index is 1.27. The molecule has 0 radical (unpaired) electrons. The van der Waals surface area contributed by atoms with Gasteiger partial charge in [0.25, 0.3) is 11.5 Å². The average Bonchev–Trinajstić information content (AvgIpc) is 2.93. The van der Waals surface area contributed by atoms with Gasteiger partial charge in [-0.15, -0.1) is 0 Å². The number of hydrogen-bond acceptors (Lipinski definition) is 5. The van der Waals surface area contributed by atoms with Crippen LogP contribution >= 0.6 is 0 Å². The van der Waals surface area contributed by atoms with Gasteiger partial charge in [-0.2, -0.15) is 0 Å². The zero-order valence-corrected chi connectivity index (χ0v) is 23.0. The minimum atomic E-state index is -0.543. The van der Waals surface area contributed by atoms with Crippen LogP contribution in [0.15, 0.2) is 90.1 Å². The van der Waals surface area contributed by atoms with Gasteiger partial charge in [-0.25, -0.2) is 4.79 Å². The highest BCUT2D eigenvalue weighted by molar-refractivity contribution is 5.94. The number of alkyl carbamates (subject to hydrolysis) is 1. The van der Waals surface area contributed by atoms with Crippen molar-refractivity contribution in [2.45, 2.75) is 52.3 Å². The van der Waals surface area contributed by atoms with E-state index in [9.17, 15) is 14.4 Å². The van der Waals surface area contributed by atoms with Crippen molar-refractivity contribution in [3.8, 4) is 0 Å². The minimum Gasteiger partial charge on any atom is -0.444 e. The molecule has 4 rings (SSSR count). The lowest BCUT2D eigenvalue weighted by atomic mass is 10.0. The molecular weight excluding hydrogens is 504 g/mol. The molecule has 0 saturated heterocycles. The number of H-pyrrole nitrogens is 1. The van der Waals surface area contributed by atoms with Crippen LogP contribution in [-0.2, 0) is 30.7 Å². The molecule has 0 aliphatic heterocycles. The van der Waals surface area contributed by atoms with Crippen LogP contribution < -0.4 is 16.2 Å². The number of nitrogens with zero attached hydrogens (tertiary/aromatic N) is 1. The highest BCUT2D eigenvalue weighted by atomic mass is 16.6. The number of carbonyl (C=O) groups is 2. The molecule has 0 aliphatic rings. The van der Waals surface area contributed by atoms with Crippen molar-refractivity contribution < 1.29 is 14.3 Å². The van der Waals surface area contributed by atoms with Crippen molar-refractivity contribution >= 4 is 12.0 Å². The second-order valence-electron chi connectivity index (χ2n) is 10.6. The van der Waals surface area contributed by atoms with E-state index in [0.29, 0.717) is 31.5 Å². The summed E-state index contributed by atoms with van der Waals surface area (Å²) in [6, 6.07) is 21.3. The summed E-state index contributed by atoms with van der Waals surface area (Å²) < 4.78 is 5.25. The Hall–Kier alpha value is -4.72. The number of aromatic amines is 1. The van der Waals surface area contributed by atoms with Gasteiger partial charge in [0.1, 0.15) is 5.60 Å². The summed E-state index contributed by atoms with van der Waals surface area (Å²) in [5.41, 5.74) is 5.55. The first-order chi connectivity index (χ1) is 19.1. The summed E-state index contributed by atoms with van der Waals surface area (Å²) in [4.78, 5) is 43.5. The molecule has 8 heteroatoms. The highest BCUT2D eigenvalue weighted by Gasteiger charge is 2.15. The number of ether oxygens (including phenoxy) is 1. The average molecular weight is 539 g/mol. The van der Waals surface area contributed by atoms with E-state index in [1.807, 2.05) is 87.5 Å². The van der Waals surface area contributed by atoms with Gasteiger partial charge in [0.15, 0.2) is 0 Å². The molecule has 3 N–H and O–H groups in total. The zero-order chi connectivity index (χ0) is 28.5. The lowest BCUT2D eigenvalue weighted by Crippen LogP contribution is -2.32. The molecule has 2 amide bonds. The molecule has 2 aromatic carbocycles. The van der Waals surface area contributed by atoms with Crippen molar-refractivity contribution in [2.24, 2.45) is 0 Å². The summed E-state index contributed by atoms with van der Waals surface area (Å²) in [6.07, 6.45) is 5.70. The van der Waals surface area contributed by atoms with Gasteiger partial charge >= 0.3 is 6.09 Å². The lowest BCUT2D eigenvalue weighted by Gasteiger charge is -2.19. The van der Waals surface area contributed by atoms with Gasteiger partial charge in [0.05, 0.1) is 5.56 Å². The predicted molar refractivity (Wildman–Crippen MR) is 154 cm³/mol. The fourth-order valence-corrected chi connectivity index (χ4v) is 4.08. The van der Waals surface area contributed by atoms with Crippen molar-refractivity contribution in [1.29, 1.82) is 0 Å². The number of amides is 2. The van der Waals surface area contributed by atoms with E-state index in [4.69, 9.17) is 4.74 Å². The number of aromatic nitrogens is 2. The van der Waals surface area contributed by atoms with E-state index in [2.05, 4.69) is 20.6 Å². The van der Waals surface area contributed by atoms with Crippen LogP contribution in [0, 0.1) is 0 Å². The fraction of sp³-hybridized carbons (Fsp3) is 0.250. The molecule has 0 atom stereocenters. The number of nitrogens with one attached hydrogen (secondary N) is 3. The first kappa shape index (κ1) is 28.3. The van der Waals surface area contributed by atoms with E-state index in [1.54, 1.807) is 18.6 Å². The van der Waals surface area contributed by atoms with E-state index in [0.717, 1.165) is 33.4 Å². The maximum Gasteiger partial charge on any atom is 0.407 e. The standard InChI is InChI=1S/C32H34N4O4/c1-32(2,3)40-31(39)36-20-25-12-10-24(11-13-25)19-35-30(38)28-17-26(18-33-21-28)15-22-6-8-23(9-7-22)16-27-5-4-14-34-29(27)37/h4-14,17-18,21H,15-16,19-20H2,1-3H3,(H,34,37)(H,35,38)(H,36,39). The van der Waals surface area contributed by atoms with Crippen LogP contribution in [0.3, 0.4) is 0 Å². The number of benzene rings is 2. The predicted octanol–water partition coefficient (Wildman–Crippen LogP) is 4.91. The second-order valence-corrected chi connectivity index (χ2v) is 10.6. The third-order valence-electron chi connectivity index (χ3n) is 6.09. The Labute approximate surface area is 233 Å². The SMILES string of the molecule is CC(C)(C)OC(=O)NCc1ccc(CNC(=O)c2cncc(Cc3ccc(Cc4ccc[nH]c4=O)cc3)c2)cc1. The fourth-order valence-electron chi connectivity index (χ4n) is 4.08. The van der Waals surface area contributed by atoms with Crippen molar-refractivity contribution in [3.63, 3.8) is 0 Å². The van der Waals surface area contributed by atoms with Crippen molar-refractivity contribution in [2.75, 3.05) is 0 Å². The molecule has 2 aromatic heterocycles.